The van der Waals surface area contributed by atoms with Crippen LogP contribution in [0.4, 0.5) is 0 Å². The molecule has 1 aromatic rings. The van der Waals surface area contributed by atoms with Crippen LogP contribution in [0.15, 0.2) is 30.3 Å². The highest BCUT2D eigenvalue weighted by molar-refractivity contribution is 5.75. The highest BCUT2D eigenvalue weighted by Crippen LogP contribution is 2.46. The molecule has 0 unspecified atom stereocenters. The molecule has 1 aromatic carbocycles. The quantitative estimate of drug-likeness (QED) is 0.736. The molecule has 2 atom stereocenters. The number of carbonyl (C=O) groups excluding carboxylic acids is 1. The molecule has 1 saturated heterocycles. The third kappa shape index (κ3) is 4.42. The third-order valence-corrected chi connectivity index (χ3v) is 5.04. The van der Waals surface area contributed by atoms with Gasteiger partial charge in [0.05, 0.1) is 18.1 Å². The molecule has 0 amide bonds. The first kappa shape index (κ1) is 18.4. The van der Waals surface area contributed by atoms with E-state index in [2.05, 4.69) is 12.1 Å². The Balaban J connectivity index is 1.67. The second-order valence-electron chi connectivity index (χ2n) is 8.25. The molecule has 0 bridgehead atoms. The number of esters is 1. The molecule has 1 saturated carbocycles. The minimum absolute atomic E-state index is 0.0757. The van der Waals surface area contributed by atoms with Gasteiger partial charge in [0.1, 0.15) is 6.10 Å². The molecule has 1 aliphatic heterocycles. The average molecular weight is 346 g/mol. The van der Waals surface area contributed by atoms with E-state index in [9.17, 15) is 4.79 Å². The number of rotatable bonds is 4. The topological polar surface area (TPSA) is 44.8 Å². The summed E-state index contributed by atoms with van der Waals surface area (Å²) in [6.07, 6.45) is 5.94. The normalized spacial score (nSPS) is 25.9. The Kier molecular flexibility index (Phi) is 5.49. The van der Waals surface area contributed by atoms with Crippen molar-refractivity contribution >= 4 is 5.97 Å². The van der Waals surface area contributed by atoms with Crippen LogP contribution in [-0.4, -0.2) is 24.5 Å². The van der Waals surface area contributed by atoms with Gasteiger partial charge in [-0.3, -0.25) is 4.79 Å². The molecule has 3 rings (SSSR count). The fourth-order valence-corrected chi connectivity index (χ4v) is 3.62. The first-order valence-corrected chi connectivity index (χ1v) is 9.47. The largest absolute Gasteiger partial charge is 0.465 e. The number of hydrogen-bond acceptors (Lipinski definition) is 4. The lowest BCUT2D eigenvalue weighted by Gasteiger charge is -2.32. The van der Waals surface area contributed by atoms with Crippen molar-refractivity contribution in [3.63, 3.8) is 0 Å². The van der Waals surface area contributed by atoms with Gasteiger partial charge in [0.15, 0.2) is 5.79 Å². The summed E-state index contributed by atoms with van der Waals surface area (Å²) in [4.78, 5) is 12.0. The molecular weight excluding hydrogens is 316 g/mol. The number of ether oxygens (including phenoxy) is 3. The monoisotopic (exact) mass is 346 g/mol. The Labute approximate surface area is 150 Å². The molecule has 2 fully saturated rings. The number of benzene rings is 1. The molecule has 138 valence electrons. The zero-order valence-electron chi connectivity index (χ0n) is 15.6. The van der Waals surface area contributed by atoms with E-state index in [1.54, 1.807) is 0 Å². The summed E-state index contributed by atoms with van der Waals surface area (Å²) in [6, 6.07) is 10.2. The molecule has 25 heavy (non-hydrogen) atoms. The molecule has 4 heteroatoms. The van der Waals surface area contributed by atoms with Crippen molar-refractivity contribution in [3.05, 3.63) is 35.9 Å². The van der Waals surface area contributed by atoms with Crippen LogP contribution >= 0.6 is 0 Å². The standard InChI is InChI=1S/C21H30O4/c1-20(2,3)19(22)23-15-12-17-18(16-10-6-4-7-11-16)25-21(24-17)13-8-5-9-14-21/h4,6-7,10-11,17-18H,5,8-9,12-15H2,1-3H3/t17-,18-/m0/s1. The van der Waals surface area contributed by atoms with Gasteiger partial charge in [-0.15, -0.1) is 0 Å². The third-order valence-electron chi connectivity index (χ3n) is 5.04. The Morgan fingerprint density at radius 3 is 2.44 bits per heavy atom. The Bertz CT molecular complexity index is 569. The minimum atomic E-state index is -0.476. The highest BCUT2D eigenvalue weighted by atomic mass is 16.8. The molecule has 1 aliphatic carbocycles. The molecule has 4 nitrogen and oxygen atoms in total. The summed E-state index contributed by atoms with van der Waals surface area (Å²) in [7, 11) is 0. The summed E-state index contributed by atoms with van der Waals surface area (Å²) in [5.74, 6) is -0.618. The molecule has 0 aromatic heterocycles. The van der Waals surface area contributed by atoms with E-state index in [4.69, 9.17) is 14.2 Å². The summed E-state index contributed by atoms with van der Waals surface area (Å²) < 4.78 is 18.3. The van der Waals surface area contributed by atoms with E-state index in [0.717, 1.165) is 31.2 Å². The van der Waals surface area contributed by atoms with E-state index < -0.39 is 11.2 Å². The molecule has 0 radical (unpaired) electrons. The second kappa shape index (κ2) is 7.46. The van der Waals surface area contributed by atoms with Crippen molar-refractivity contribution < 1.29 is 19.0 Å². The van der Waals surface area contributed by atoms with E-state index in [-0.39, 0.29) is 18.2 Å². The molecule has 0 N–H and O–H groups in total. The van der Waals surface area contributed by atoms with Gasteiger partial charge in [0.2, 0.25) is 0 Å². The lowest BCUT2D eigenvalue weighted by Crippen LogP contribution is -2.33. The maximum atomic E-state index is 12.0. The number of hydrogen-bond donors (Lipinski definition) is 0. The molecule has 2 aliphatic rings. The zero-order valence-corrected chi connectivity index (χ0v) is 15.6. The zero-order chi connectivity index (χ0) is 17.9. The van der Waals surface area contributed by atoms with Crippen molar-refractivity contribution in [2.24, 2.45) is 5.41 Å². The smallest absolute Gasteiger partial charge is 0.311 e. The lowest BCUT2D eigenvalue weighted by molar-refractivity contribution is -0.195. The molecule has 1 heterocycles. The van der Waals surface area contributed by atoms with Gasteiger partial charge < -0.3 is 14.2 Å². The van der Waals surface area contributed by atoms with Gasteiger partial charge in [0, 0.05) is 19.3 Å². The minimum Gasteiger partial charge on any atom is -0.465 e. The highest BCUT2D eigenvalue weighted by Gasteiger charge is 2.48. The predicted molar refractivity (Wildman–Crippen MR) is 96.0 cm³/mol. The summed E-state index contributed by atoms with van der Waals surface area (Å²) in [5.41, 5.74) is 0.660. The van der Waals surface area contributed by atoms with E-state index in [1.807, 2.05) is 39.0 Å². The van der Waals surface area contributed by atoms with Gasteiger partial charge in [0.25, 0.3) is 0 Å². The van der Waals surface area contributed by atoms with Gasteiger partial charge >= 0.3 is 5.97 Å². The first-order chi connectivity index (χ1) is 11.9. The lowest BCUT2D eigenvalue weighted by atomic mass is 9.94. The van der Waals surface area contributed by atoms with Crippen molar-refractivity contribution in [1.29, 1.82) is 0 Å². The van der Waals surface area contributed by atoms with Crippen molar-refractivity contribution in [2.45, 2.75) is 77.3 Å². The summed E-state index contributed by atoms with van der Waals surface area (Å²) in [5, 5.41) is 0. The Morgan fingerprint density at radius 1 is 1.12 bits per heavy atom. The van der Waals surface area contributed by atoms with Crippen LogP contribution in [0.2, 0.25) is 0 Å². The van der Waals surface area contributed by atoms with Gasteiger partial charge in [-0.25, -0.2) is 0 Å². The van der Waals surface area contributed by atoms with Gasteiger partial charge in [-0.05, 0) is 39.2 Å². The fourth-order valence-electron chi connectivity index (χ4n) is 3.62. The van der Waals surface area contributed by atoms with Crippen molar-refractivity contribution in [1.82, 2.24) is 0 Å². The van der Waals surface area contributed by atoms with E-state index in [1.165, 1.54) is 6.42 Å². The average Bonchev–Trinajstić information content (AvgIpc) is 2.93. The van der Waals surface area contributed by atoms with Crippen LogP contribution in [0.1, 0.15) is 71.0 Å². The number of carbonyl (C=O) groups is 1. The van der Waals surface area contributed by atoms with Gasteiger partial charge in [-0.2, -0.15) is 0 Å². The van der Waals surface area contributed by atoms with E-state index in [0.29, 0.717) is 13.0 Å². The molecule has 1 spiro atoms. The maximum absolute atomic E-state index is 12.0. The van der Waals surface area contributed by atoms with E-state index >= 15 is 0 Å². The Morgan fingerprint density at radius 2 is 1.80 bits per heavy atom. The van der Waals surface area contributed by atoms with Crippen LogP contribution in [-0.2, 0) is 19.0 Å². The first-order valence-electron chi connectivity index (χ1n) is 9.47. The summed E-state index contributed by atoms with van der Waals surface area (Å²) in [6.45, 7) is 5.97. The molecular formula is C21H30O4. The van der Waals surface area contributed by atoms with Crippen LogP contribution in [0.3, 0.4) is 0 Å². The van der Waals surface area contributed by atoms with Crippen LogP contribution < -0.4 is 0 Å². The van der Waals surface area contributed by atoms with Gasteiger partial charge in [-0.1, -0.05) is 36.8 Å². The summed E-state index contributed by atoms with van der Waals surface area (Å²) >= 11 is 0. The maximum Gasteiger partial charge on any atom is 0.311 e. The second-order valence-corrected chi connectivity index (χ2v) is 8.25. The van der Waals surface area contributed by atoms with Crippen LogP contribution in [0, 0.1) is 5.41 Å². The van der Waals surface area contributed by atoms with Crippen molar-refractivity contribution in [2.75, 3.05) is 6.61 Å². The predicted octanol–water partition coefficient (Wildman–Crippen LogP) is 4.78. The van der Waals surface area contributed by atoms with Crippen LogP contribution in [0.5, 0.6) is 0 Å². The Hall–Kier alpha value is -1.39. The SMILES string of the molecule is CC(C)(C)C(=O)OCC[C@@H]1OC2(CCCCC2)O[C@H]1c1ccccc1. The fraction of sp³-hybridized carbons (Fsp3) is 0.667. The van der Waals surface area contributed by atoms with Crippen LogP contribution in [0.25, 0.3) is 0 Å². The van der Waals surface area contributed by atoms with Crippen molar-refractivity contribution in [3.8, 4) is 0 Å².